The van der Waals surface area contributed by atoms with Crippen LogP contribution in [0.3, 0.4) is 0 Å². The lowest BCUT2D eigenvalue weighted by atomic mass is 9.85. The molecule has 170 valence electrons. The first kappa shape index (κ1) is 23.3. The van der Waals surface area contributed by atoms with Crippen LogP contribution in [-0.2, 0) is 12.0 Å². The van der Waals surface area contributed by atoms with Crippen molar-refractivity contribution in [1.82, 2.24) is 20.5 Å². The molecule has 1 aromatic carbocycles. The van der Waals surface area contributed by atoms with Crippen molar-refractivity contribution in [1.29, 1.82) is 0 Å². The Bertz CT molecular complexity index is 815. The van der Waals surface area contributed by atoms with E-state index in [1.165, 1.54) is 18.4 Å². The van der Waals surface area contributed by atoms with Gasteiger partial charge in [-0.1, -0.05) is 44.2 Å². The highest BCUT2D eigenvalue weighted by Gasteiger charge is 2.22. The average molecular weight is 426 g/mol. The Morgan fingerprint density at radius 2 is 1.87 bits per heavy atom. The van der Waals surface area contributed by atoms with Crippen LogP contribution < -0.4 is 10.6 Å². The smallest absolute Gasteiger partial charge is 0.208 e. The van der Waals surface area contributed by atoms with E-state index < -0.39 is 0 Å². The molecule has 3 rings (SSSR count). The first-order valence-corrected chi connectivity index (χ1v) is 11.6. The van der Waals surface area contributed by atoms with Gasteiger partial charge < -0.3 is 15.1 Å². The molecule has 0 radical (unpaired) electrons. The third kappa shape index (κ3) is 6.82. The van der Waals surface area contributed by atoms with Gasteiger partial charge in [-0.2, -0.15) is 0 Å². The Labute approximate surface area is 187 Å². The van der Waals surface area contributed by atoms with Gasteiger partial charge in [-0.3, -0.25) is 9.89 Å². The molecule has 0 saturated carbocycles. The predicted molar refractivity (Wildman–Crippen MR) is 127 cm³/mol. The van der Waals surface area contributed by atoms with Crippen LogP contribution >= 0.6 is 0 Å². The molecule has 0 unspecified atom stereocenters. The third-order valence-corrected chi connectivity index (χ3v) is 6.23. The van der Waals surface area contributed by atoms with Crippen LogP contribution in [0.2, 0.25) is 0 Å². The summed E-state index contributed by atoms with van der Waals surface area (Å²) >= 11 is 0. The quantitative estimate of drug-likeness (QED) is 0.494. The Morgan fingerprint density at radius 1 is 1.16 bits per heavy atom. The summed E-state index contributed by atoms with van der Waals surface area (Å²) in [4.78, 5) is 11.9. The molecule has 6 nitrogen and oxygen atoms in total. The maximum Gasteiger partial charge on any atom is 0.208 e. The molecule has 6 heteroatoms. The maximum absolute atomic E-state index is 5.75. The van der Waals surface area contributed by atoms with Crippen LogP contribution in [0.15, 0.2) is 39.7 Å². The van der Waals surface area contributed by atoms with E-state index in [4.69, 9.17) is 9.41 Å². The van der Waals surface area contributed by atoms with E-state index >= 15 is 0 Å². The fourth-order valence-electron chi connectivity index (χ4n) is 3.99. The van der Waals surface area contributed by atoms with E-state index in [1.807, 2.05) is 13.8 Å². The lowest BCUT2D eigenvalue weighted by Crippen LogP contribution is -2.43. The lowest BCUT2D eigenvalue weighted by molar-refractivity contribution is 0.164. The second-order valence-electron chi connectivity index (χ2n) is 9.29. The molecule has 0 aliphatic carbocycles. The van der Waals surface area contributed by atoms with E-state index in [9.17, 15) is 0 Å². The molecule has 1 aliphatic rings. The number of guanidine groups is 1. The Kier molecular flexibility index (Phi) is 8.13. The number of rotatable bonds is 8. The molecule has 1 aliphatic heterocycles. The topological polar surface area (TPSA) is 65.7 Å². The van der Waals surface area contributed by atoms with Crippen molar-refractivity contribution >= 4 is 5.96 Å². The van der Waals surface area contributed by atoms with Gasteiger partial charge in [0.15, 0.2) is 5.96 Å². The summed E-state index contributed by atoms with van der Waals surface area (Å²) in [5.74, 6) is 3.35. The van der Waals surface area contributed by atoms with Crippen LogP contribution in [0.25, 0.3) is 0 Å². The van der Waals surface area contributed by atoms with Crippen LogP contribution in [-0.4, -0.2) is 48.6 Å². The van der Waals surface area contributed by atoms with Gasteiger partial charge in [0.05, 0.1) is 18.8 Å². The van der Waals surface area contributed by atoms with Gasteiger partial charge in [-0.25, -0.2) is 4.98 Å². The monoisotopic (exact) mass is 425 g/mol. The number of aromatic nitrogens is 1. The van der Waals surface area contributed by atoms with Gasteiger partial charge in [0.1, 0.15) is 5.76 Å². The SMILES string of the molecule is CCNC(=NCC(C)(C)c1ccccc1)NCC1CCN(Cc2nc(C)c(C)o2)CC1. The summed E-state index contributed by atoms with van der Waals surface area (Å²) in [7, 11) is 0. The molecule has 0 amide bonds. The van der Waals surface area contributed by atoms with Gasteiger partial charge in [0, 0.05) is 18.5 Å². The Morgan fingerprint density at radius 3 is 2.48 bits per heavy atom. The first-order valence-electron chi connectivity index (χ1n) is 11.6. The number of aryl methyl sites for hydroxylation is 2. The predicted octanol–water partition coefficient (Wildman–Crippen LogP) is 4.04. The maximum atomic E-state index is 5.75. The van der Waals surface area contributed by atoms with Crippen LogP contribution in [0.5, 0.6) is 0 Å². The molecular formula is C25H39N5O. The van der Waals surface area contributed by atoms with Crippen molar-refractivity contribution in [2.75, 3.05) is 32.7 Å². The molecule has 0 bridgehead atoms. The molecule has 1 aromatic heterocycles. The number of nitrogens with zero attached hydrogens (tertiary/aromatic N) is 3. The van der Waals surface area contributed by atoms with Crippen LogP contribution in [0.4, 0.5) is 0 Å². The van der Waals surface area contributed by atoms with E-state index in [0.29, 0.717) is 5.92 Å². The van der Waals surface area contributed by atoms with Crippen molar-refractivity contribution in [2.24, 2.45) is 10.9 Å². The minimum atomic E-state index is 0.00550. The van der Waals surface area contributed by atoms with Crippen molar-refractivity contribution in [2.45, 2.75) is 59.4 Å². The van der Waals surface area contributed by atoms with Gasteiger partial charge in [0.25, 0.3) is 0 Å². The zero-order valence-electron chi connectivity index (χ0n) is 19.9. The minimum Gasteiger partial charge on any atom is -0.444 e. The highest BCUT2D eigenvalue weighted by atomic mass is 16.4. The third-order valence-electron chi connectivity index (χ3n) is 6.23. The fourth-order valence-corrected chi connectivity index (χ4v) is 3.99. The molecular weight excluding hydrogens is 386 g/mol. The summed E-state index contributed by atoms with van der Waals surface area (Å²) in [6, 6.07) is 10.6. The molecule has 1 fully saturated rings. The summed E-state index contributed by atoms with van der Waals surface area (Å²) in [6.07, 6.45) is 2.36. The molecule has 2 aromatic rings. The second kappa shape index (κ2) is 10.8. The zero-order chi connectivity index (χ0) is 22.3. The molecule has 0 spiro atoms. The number of oxazole rings is 1. The summed E-state index contributed by atoms with van der Waals surface area (Å²) in [6.45, 7) is 16.2. The molecule has 2 heterocycles. The van der Waals surface area contributed by atoms with Crippen LogP contribution in [0.1, 0.15) is 56.5 Å². The van der Waals surface area contributed by atoms with Gasteiger partial charge in [-0.05, 0) is 58.2 Å². The van der Waals surface area contributed by atoms with Gasteiger partial charge >= 0.3 is 0 Å². The number of benzene rings is 1. The van der Waals surface area contributed by atoms with Gasteiger partial charge in [-0.15, -0.1) is 0 Å². The summed E-state index contributed by atoms with van der Waals surface area (Å²) < 4.78 is 5.75. The number of piperidine rings is 1. The lowest BCUT2D eigenvalue weighted by Gasteiger charge is -2.31. The van der Waals surface area contributed by atoms with Crippen molar-refractivity contribution in [3.63, 3.8) is 0 Å². The second-order valence-corrected chi connectivity index (χ2v) is 9.29. The van der Waals surface area contributed by atoms with E-state index in [1.54, 1.807) is 0 Å². The molecule has 0 atom stereocenters. The largest absolute Gasteiger partial charge is 0.444 e. The van der Waals surface area contributed by atoms with E-state index in [-0.39, 0.29) is 5.41 Å². The highest BCUT2D eigenvalue weighted by molar-refractivity contribution is 5.79. The van der Waals surface area contributed by atoms with Crippen LogP contribution in [0, 0.1) is 19.8 Å². The highest BCUT2D eigenvalue weighted by Crippen LogP contribution is 2.23. The fraction of sp³-hybridized carbons (Fsp3) is 0.600. The summed E-state index contributed by atoms with van der Waals surface area (Å²) in [5, 5.41) is 6.98. The Hall–Kier alpha value is -2.34. The first-order chi connectivity index (χ1) is 14.9. The number of aliphatic imine (C=N–C) groups is 1. The van der Waals surface area contributed by atoms with E-state index in [2.05, 4.69) is 71.6 Å². The number of likely N-dealkylation sites (tertiary alicyclic amines) is 1. The van der Waals surface area contributed by atoms with Gasteiger partial charge in [0.2, 0.25) is 5.89 Å². The number of nitrogens with one attached hydrogen (secondary N) is 2. The number of hydrogen-bond donors (Lipinski definition) is 2. The van der Waals surface area contributed by atoms with Crippen molar-refractivity contribution in [3.8, 4) is 0 Å². The molecule has 1 saturated heterocycles. The average Bonchev–Trinajstić information content (AvgIpc) is 3.08. The normalized spacial score (nSPS) is 16.5. The standard InChI is InChI=1S/C25H39N5O/c1-6-26-24(28-18-25(4,5)22-10-8-7-9-11-22)27-16-21-12-14-30(15-13-21)17-23-29-19(2)20(3)31-23/h7-11,21H,6,12-18H2,1-5H3,(H2,26,27,28). The zero-order valence-corrected chi connectivity index (χ0v) is 19.9. The summed E-state index contributed by atoms with van der Waals surface area (Å²) in [5.41, 5.74) is 2.32. The molecule has 2 N–H and O–H groups in total. The molecule has 31 heavy (non-hydrogen) atoms. The van der Waals surface area contributed by atoms with E-state index in [0.717, 1.165) is 62.6 Å². The Balaban J connectivity index is 1.46. The van der Waals surface area contributed by atoms with Crippen molar-refractivity contribution in [3.05, 3.63) is 53.2 Å². The number of hydrogen-bond acceptors (Lipinski definition) is 4. The van der Waals surface area contributed by atoms with Crippen molar-refractivity contribution < 1.29 is 4.42 Å². The minimum absolute atomic E-state index is 0.00550.